The van der Waals surface area contributed by atoms with Gasteiger partial charge in [0, 0.05) is 57.4 Å². The van der Waals surface area contributed by atoms with Crippen LogP contribution in [0.25, 0.3) is 10.9 Å². The highest BCUT2D eigenvalue weighted by Gasteiger charge is 2.37. The second kappa shape index (κ2) is 6.81. The van der Waals surface area contributed by atoms with Crippen LogP contribution in [0.5, 0.6) is 0 Å². The van der Waals surface area contributed by atoms with Gasteiger partial charge >= 0.3 is 0 Å². The summed E-state index contributed by atoms with van der Waals surface area (Å²) in [6, 6.07) is 8.06. The van der Waals surface area contributed by atoms with E-state index in [0.29, 0.717) is 6.54 Å². The fourth-order valence-electron chi connectivity index (χ4n) is 4.01. The predicted octanol–water partition coefficient (Wildman–Crippen LogP) is 2.21. The van der Waals surface area contributed by atoms with Gasteiger partial charge in [-0.05, 0) is 25.5 Å². The van der Waals surface area contributed by atoms with Crippen LogP contribution in [0, 0.1) is 6.92 Å². The van der Waals surface area contributed by atoms with Crippen LogP contribution in [-0.2, 0) is 24.4 Å². The molecule has 7 nitrogen and oxygen atoms in total. The summed E-state index contributed by atoms with van der Waals surface area (Å²) in [6.07, 6.45) is 2.21. The van der Waals surface area contributed by atoms with Gasteiger partial charge in [0.15, 0.2) is 11.9 Å². The van der Waals surface area contributed by atoms with E-state index in [1.165, 1.54) is 16.5 Å². The number of benzene rings is 1. The molecular formula is C20H26N6O. The highest BCUT2D eigenvalue weighted by molar-refractivity contribution is 5.84. The molecule has 2 aromatic heterocycles. The summed E-state index contributed by atoms with van der Waals surface area (Å²) in [5, 5.41) is 9.79. The van der Waals surface area contributed by atoms with Crippen LogP contribution in [0.4, 0.5) is 0 Å². The first-order valence-corrected chi connectivity index (χ1v) is 9.43. The smallest absolute Gasteiger partial charge is 0.247 e. The molecule has 0 fully saturated rings. The molecule has 1 atom stereocenters. The molecule has 1 aromatic carbocycles. The number of aryl methyl sites for hydroxylation is 2. The first-order chi connectivity index (χ1) is 13.0. The van der Waals surface area contributed by atoms with Gasteiger partial charge in [-0.1, -0.05) is 18.2 Å². The van der Waals surface area contributed by atoms with Gasteiger partial charge in [0.25, 0.3) is 0 Å². The van der Waals surface area contributed by atoms with Gasteiger partial charge < -0.3 is 14.0 Å². The molecule has 1 aliphatic heterocycles. The maximum absolute atomic E-state index is 13.0. The standard InChI is InChI=1S/C20H26N6O/c1-5-24-12-15(16-8-6-7-9-17(16)24)13-25-10-11-26-14(2)21-22-19(26)18(25)20(27)23(3)4/h6-9,12,18H,5,10-11,13H2,1-4H3/t18-/m1/s1. The zero-order valence-corrected chi connectivity index (χ0v) is 16.4. The van der Waals surface area contributed by atoms with Crippen LogP contribution in [0.2, 0.25) is 0 Å². The minimum Gasteiger partial charge on any atom is -0.347 e. The van der Waals surface area contributed by atoms with E-state index in [-0.39, 0.29) is 5.91 Å². The summed E-state index contributed by atoms with van der Waals surface area (Å²) >= 11 is 0. The van der Waals surface area contributed by atoms with E-state index in [1.807, 2.05) is 6.92 Å². The Morgan fingerprint density at radius 1 is 1.22 bits per heavy atom. The number of rotatable bonds is 4. The third kappa shape index (κ3) is 2.92. The van der Waals surface area contributed by atoms with Gasteiger partial charge in [-0.2, -0.15) is 0 Å². The summed E-state index contributed by atoms with van der Waals surface area (Å²) in [6.45, 7) is 7.33. The monoisotopic (exact) mass is 366 g/mol. The average Bonchev–Trinajstić information content (AvgIpc) is 3.22. The Morgan fingerprint density at radius 2 is 2.00 bits per heavy atom. The first kappa shape index (κ1) is 17.7. The minimum atomic E-state index is -0.404. The van der Waals surface area contributed by atoms with Crippen molar-refractivity contribution in [3.8, 4) is 0 Å². The number of likely N-dealkylation sites (N-methyl/N-ethyl adjacent to an activating group) is 1. The van der Waals surface area contributed by atoms with Crippen molar-refractivity contribution in [3.63, 3.8) is 0 Å². The number of aromatic nitrogens is 4. The van der Waals surface area contributed by atoms with E-state index in [2.05, 4.69) is 61.6 Å². The van der Waals surface area contributed by atoms with Crippen molar-refractivity contribution >= 4 is 16.8 Å². The van der Waals surface area contributed by atoms with Crippen LogP contribution in [0.3, 0.4) is 0 Å². The molecule has 0 radical (unpaired) electrons. The topological polar surface area (TPSA) is 59.2 Å². The SMILES string of the molecule is CCn1cc(CN2CCn3c(C)nnc3[C@@H]2C(=O)N(C)C)c2ccccc21. The van der Waals surface area contributed by atoms with Crippen LogP contribution in [0.1, 0.15) is 30.2 Å². The summed E-state index contributed by atoms with van der Waals surface area (Å²) < 4.78 is 4.34. The van der Waals surface area contributed by atoms with Crippen molar-refractivity contribution in [2.75, 3.05) is 20.6 Å². The van der Waals surface area contributed by atoms with Crippen molar-refractivity contribution in [2.24, 2.45) is 0 Å². The Hall–Kier alpha value is -2.67. The molecule has 142 valence electrons. The molecule has 3 aromatic rings. The number of fused-ring (bicyclic) bond motifs is 2. The van der Waals surface area contributed by atoms with Crippen molar-refractivity contribution in [1.82, 2.24) is 29.1 Å². The van der Waals surface area contributed by atoms with Crippen molar-refractivity contribution in [3.05, 3.63) is 47.7 Å². The Bertz CT molecular complexity index is 986. The van der Waals surface area contributed by atoms with Gasteiger partial charge in [0.2, 0.25) is 5.91 Å². The lowest BCUT2D eigenvalue weighted by atomic mass is 10.1. The number of carbonyl (C=O) groups is 1. The van der Waals surface area contributed by atoms with Crippen molar-refractivity contribution in [2.45, 2.75) is 39.5 Å². The highest BCUT2D eigenvalue weighted by atomic mass is 16.2. The fraction of sp³-hybridized carbons (Fsp3) is 0.450. The first-order valence-electron chi connectivity index (χ1n) is 9.43. The van der Waals surface area contributed by atoms with Gasteiger partial charge in [0.05, 0.1) is 0 Å². The maximum atomic E-state index is 13.0. The second-order valence-corrected chi connectivity index (χ2v) is 7.32. The largest absolute Gasteiger partial charge is 0.347 e. The molecule has 0 spiro atoms. The summed E-state index contributed by atoms with van der Waals surface area (Å²) in [5.74, 6) is 1.66. The normalized spacial score (nSPS) is 17.3. The molecule has 3 heterocycles. The molecule has 1 amide bonds. The van der Waals surface area contributed by atoms with Gasteiger partial charge in [-0.15, -0.1) is 10.2 Å². The lowest BCUT2D eigenvalue weighted by molar-refractivity contribution is -0.136. The Kier molecular flexibility index (Phi) is 4.47. The average molecular weight is 366 g/mol. The number of nitrogens with zero attached hydrogens (tertiary/aromatic N) is 6. The molecule has 0 N–H and O–H groups in total. The van der Waals surface area contributed by atoms with E-state index >= 15 is 0 Å². The zero-order valence-electron chi connectivity index (χ0n) is 16.4. The van der Waals surface area contributed by atoms with E-state index in [9.17, 15) is 4.79 Å². The quantitative estimate of drug-likeness (QED) is 0.710. The van der Waals surface area contributed by atoms with Gasteiger partial charge in [0.1, 0.15) is 5.82 Å². The number of para-hydroxylation sites is 1. The van der Waals surface area contributed by atoms with E-state index < -0.39 is 6.04 Å². The number of hydrogen-bond donors (Lipinski definition) is 0. The highest BCUT2D eigenvalue weighted by Crippen LogP contribution is 2.30. The fourth-order valence-corrected chi connectivity index (χ4v) is 4.01. The molecule has 0 saturated heterocycles. The van der Waals surface area contributed by atoms with E-state index in [4.69, 9.17) is 0 Å². The Morgan fingerprint density at radius 3 is 2.74 bits per heavy atom. The molecule has 0 bridgehead atoms. The summed E-state index contributed by atoms with van der Waals surface area (Å²) in [4.78, 5) is 16.9. The summed E-state index contributed by atoms with van der Waals surface area (Å²) in [5.41, 5.74) is 2.48. The van der Waals surface area contributed by atoms with Gasteiger partial charge in [-0.25, -0.2) is 0 Å². The number of carbonyl (C=O) groups excluding carboxylic acids is 1. The van der Waals surface area contributed by atoms with E-state index in [0.717, 1.165) is 31.3 Å². The van der Waals surface area contributed by atoms with Crippen molar-refractivity contribution in [1.29, 1.82) is 0 Å². The van der Waals surface area contributed by atoms with Crippen LogP contribution >= 0.6 is 0 Å². The Labute approximate surface area is 159 Å². The minimum absolute atomic E-state index is 0.0441. The zero-order chi connectivity index (χ0) is 19.1. The number of hydrogen-bond acceptors (Lipinski definition) is 4. The molecule has 4 rings (SSSR count). The maximum Gasteiger partial charge on any atom is 0.247 e. The third-order valence-electron chi connectivity index (χ3n) is 5.44. The summed E-state index contributed by atoms with van der Waals surface area (Å²) in [7, 11) is 3.59. The molecule has 27 heavy (non-hydrogen) atoms. The predicted molar refractivity (Wildman–Crippen MR) is 104 cm³/mol. The molecule has 0 saturated carbocycles. The molecule has 7 heteroatoms. The van der Waals surface area contributed by atoms with E-state index in [1.54, 1.807) is 19.0 Å². The second-order valence-electron chi connectivity index (χ2n) is 7.32. The Balaban J connectivity index is 1.74. The molecular weight excluding hydrogens is 340 g/mol. The lowest BCUT2D eigenvalue weighted by Crippen LogP contribution is -2.45. The van der Waals surface area contributed by atoms with Crippen LogP contribution in [0.15, 0.2) is 30.5 Å². The van der Waals surface area contributed by atoms with Crippen LogP contribution < -0.4 is 0 Å². The number of amides is 1. The molecule has 1 aliphatic rings. The molecule has 0 unspecified atom stereocenters. The lowest BCUT2D eigenvalue weighted by Gasteiger charge is -2.35. The van der Waals surface area contributed by atoms with Gasteiger partial charge in [-0.3, -0.25) is 9.69 Å². The van der Waals surface area contributed by atoms with Crippen LogP contribution in [-0.4, -0.2) is 55.7 Å². The third-order valence-corrected chi connectivity index (χ3v) is 5.44. The van der Waals surface area contributed by atoms with Crippen molar-refractivity contribution < 1.29 is 4.79 Å². The molecule has 0 aliphatic carbocycles.